The molecule has 0 unspecified atom stereocenters. The highest BCUT2D eigenvalue weighted by Crippen LogP contribution is 2.13. The molecule has 1 heterocycles. The van der Waals surface area contributed by atoms with Gasteiger partial charge in [-0.25, -0.2) is 4.79 Å². The summed E-state index contributed by atoms with van der Waals surface area (Å²) >= 11 is 0. The summed E-state index contributed by atoms with van der Waals surface area (Å²) in [7, 11) is 0. The Kier molecular flexibility index (Phi) is 5.61. The summed E-state index contributed by atoms with van der Waals surface area (Å²) in [6.07, 6.45) is 2.66. The van der Waals surface area contributed by atoms with Crippen LogP contribution in [0.3, 0.4) is 0 Å². The van der Waals surface area contributed by atoms with E-state index in [0.29, 0.717) is 13.0 Å². The summed E-state index contributed by atoms with van der Waals surface area (Å²) in [5.41, 5.74) is 0. The lowest BCUT2D eigenvalue weighted by Crippen LogP contribution is -2.58. The van der Waals surface area contributed by atoms with E-state index in [1.54, 1.807) is 6.92 Å². The zero-order valence-corrected chi connectivity index (χ0v) is 10.8. The minimum Gasteiger partial charge on any atom is -0.458 e. The zero-order valence-electron chi connectivity index (χ0n) is 10.8. The van der Waals surface area contributed by atoms with Gasteiger partial charge in [-0.1, -0.05) is 6.42 Å². The number of amides is 2. The van der Waals surface area contributed by atoms with Gasteiger partial charge in [-0.05, 0) is 19.8 Å². The number of hydrogen-bond acceptors (Lipinski definition) is 4. The van der Waals surface area contributed by atoms with Gasteiger partial charge < -0.3 is 15.4 Å². The molecule has 6 nitrogen and oxygen atoms in total. The molecule has 0 bridgehead atoms. The average Bonchev–Trinajstić information content (AvgIpc) is 2.30. The van der Waals surface area contributed by atoms with Gasteiger partial charge in [0.25, 0.3) is 0 Å². The number of carbonyl (C=O) groups excluding carboxylic acids is 3. The number of hydrogen-bond donors (Lipinski definition) is 2. The molecule has 1 rings (SSSR count). The second-order valence-corrected chi connectivity index (χ2v) is 4.48. The SMILES string of the molecule is CC(=O)NCCCCCC(=O)N[C@@H]1C(=O)O[C@@H]1C. The fourth-order valence-electron chi connectivity index (χ4n) is 1.72. The normalized spacial score (nSPS) is 21.8. The fourth-order valence-corrected chi connectivity index (χ4v) is 1.72. The number of carbonyl (C=O) groups is 3. The Bertz CT molecular complexity index is 330. The van der Waals surface area contributed by atoms with Crippen LogP contribution in [0, 0.1) is 0 Å². The number of esters is 1. The molecule has 0 aliphatic carbocycles. The largest absolute Gasteiger partial charge is 0.458 e. The smallest absolute Gasteiger partial charge is 0.332 e. The second kappa shape index (κ2) is 6.98. The minimum absolute atomic E-state index is 0.0368. The third-order valence-electron chi connectivity index (χ3n) is 2.80. The first-order valence-electron chi connectivity index (χ1n) is 6.25. The highest BCUT2D eigenvalue weighted by atomic mass is 16.6. The number of rotatable bonds is 7. The first-order chi connectivity index (χ1) is 8.50. The van der Waals surface area contributed by atoms with Gasteiger partial charge in [-0.15, -0.1) is 0 Å². The van der Waals surface area contributed by atoms with E-state index < -0.39 is 6.04 Å². The molecule has 2 atom stereocenters. The molecule has 0 aromatic heterocycles. The Morgan fingerprint density at radius 3 is 2.56 bits per heavy atom. The summed E-state index contributed by atoms with van der Waals surface area (Å²) in [6, 6.07) is -0.475. The lowest BCUT2D eigenvalue weighted by molar-refractivity contribution is -0.176. The predicted molar refractivity (Wildman–Crippen MR) is 64.6 cm³/mol. The third-order valence-corrected chi connectivity index (χ3v) is 2.80. The molecule has 1 aliphatic heterocycles. The topological polar surface area (TPSA) is 84.5 Å². The second-order valence-electron chi connectivity index (χ2n) is 4.48. The van der Waals surface area contributed by atoms with Crippen LogP contribution < -0.4 is 10.6 Å². The van der Waals surface area contributed by atoms with Crippen LogP contribution in [0.1, 0.15) is 39.5 Å². The molecule has 102 valence electrons. The van der Waals surface area contributed by atoms with E-state index in [-0.39, 0.29) is 23.9 Å². The van der Waals surface area contributed by atoms with Crippen LogP contribution in [-0.4, -0.2) is 36.5 Å². The molecule has 0 aromatic rings. The summed E-state index contributed by atoms with van der Waals surface area (Å²) in [5, 5.41) is 5.34. The Morgan fingerprint density at radius 1 is 1.28 bits per heavy atom. The predicted octanol–water partition coefficient (Wildman–Crippen LogP) is 0.113. The molecule has 2 amide bonds. The van der Waals surface area contributed by atoms with Crippen molar-refractivity contribution in [2.45, 2.75) is 51.7 Å². The molecule has 1 aliphatic rings. The van der Waals surface area contributed by atoms with Crippen LogP contribution in [0.2, 0.25) is 0 Å². The van der Waals surface area contributed by atoms with Crippen molar-refractivity contribution in [1.29, 1.82) is 0 Å². The van der Waals surface area contributed by atoms with E-state index in [2.05, 4.69) is 10.6 Å². The van der Waals surface area contributed by atoms with Gasteiger partial charge in [-0.2, -0.15) is 0 Å². The summed E-state index contributed by atoms with van der Waals surface area (Å²) in [4.78, 5) is 33.1. The molecule has 18 heavy (non-hydrogen) atoms. The molecular weight excluding hydrogens is 236 g/mol. The highest BCUT2D eigenvalue weighted by molar-refractivity contribution is 5.88. The Morgan fingerprint density at radius 2 is 2.00 bits per heavy atom. The van der Waals surface area contributed by atoms with Gasteiger partial charge in [0.05, 0.1) is 0 Å². The van der Waals surface area contributed by atoms with Gasteiger partial charge in [-0.3, -0.25) is 9.59 Å². The molecule has 0 aromatic carbocycles. The molecule has 2 N–H and O–H groups in total. The molecule has 0 saturated carbocycles. The molecule has 1 fully saturated rings. The van der Waals surface area contributed by atoms with Gasteiger partial charge in [0.1, 0.15) is 6.10 Å². The van der Waals surface area contributed by atoms with Gasteiger partial charge in [0.2, 0.25) is 11.8 Å². The number of nitrogens with one attached hydrogen (secondary N) is 2. The monoisotopic (exact) mass is 256 g/mol. The van der Waals surface area contributed by atoms with Crippen molar-refractivity contribution in [2.75, 3.05) is 6.54 Å². The van der Waals surface area contributed by atoms with E-state index in [0.717, 1.165) is 19.3 Å². The van der Waals surface area contributed by atoms with Crippen LogP contribution in [0.5, 0.6) is 0 Å². The van der Waals surface area contributed by atoms with Crippen LogP contribution in [-0.2, 0) is 19.1 Å². The maximum absolute atomic E-state index is 11.5. The highest BCUT2D eigenvalue weighted by Gasteiger charge is 2.39. The van der Waals surface area contributed by atoms with Crippen LogP contribution in [0.25, 0.3) is 0 Å². The van der Waals surface area contributed by atoms with Crippen LogP contribution in [0.15, 0.2) is 0 Å². The van der Waals surface area contributed by atoms with E-state index in [1.165, 1.54) is 6.92 Å². The van der Waals surface area contributed by atoms with Crippen molar-refractivity contribution >= 4 is 17.8 Å². The van der Waals surface area contributed by atoms with E-state index >= 15 is 0 Å². The van der Waals surface area contributed by atoms with Crippen molar-refractivity contribution in [3.63, 3.8) is 0 Å². The van der Waals surface area contributed by atoms with Crippen molar-refractivity contribution in [2.24, 2.45) is 0 Å². The molecule has 1 saturated heterocycles. The summed E-state index contributed by atoms with van der Waals surface area (Å²) in [6.45, 7) is 3.87. The van der Waals surface area contributed by atoms with E-state index in [4.69, 9.17) is 4.74 Å². The zero-order chi connectivity index (χ0) is 13.5. The fraction of sp³-hybridized carbons (Fsp3) is 0.750. The van der Waals surface area contributed by atoms with Crippen LogP contribution in [0.4, 0.5) is 0 Å². The van der Waals surface area contributed by atoms with Crippen molar-refractivity contribution < 1.29 is 19.1 Å². The summed E-state index contributed by atoms with van der Waals surface area (Å²) in [5.74, 6) is -0.519. The lowest BCUT2D eigenvalue weighted by atomic mass is 10.1. The Labute approximate surface area is 106 Å². The van der Waals surface area contributed by atoms with Crippen LogP contribution >= 0.6 is 0 Å². The summed E-state index contributed by atoms with van der Waals surface area (Å²) < 4.78 is 4.74. The maximum atomic E-state index is 11.5. The van der Waals surface area contributed by atoms with Crippen molar-refractivity contribution in [3.05, 3.63) is 0 Å². The number of unbranched alkanes of at least 4 members (excludes halogenated alkanes) is 2. The standard InChI is InChI=1S/C12H20N2O4/c1-8-11(12(17)18-8)14-10(16)6-4-3-5-7-13-9(2)15/h8,11H,3-7H2,1-2H3,(H,13,15)(H,14,16)/t8-,11+/m1/s1. The van der Waals surface area contributed by atoms with Gasteiger partial charge in [0, 0.05) is 19.9 Å². The van der Waals surface area contributed by atoms with Crippen molar-refractivity contribution in [3.8, 4) is 0 Å². The third kappa shape index (κ3) is 4.73. The van der Waals surface area contributed by atoms with E-state index in [9.17, 15) is 14.4 Å². The van der Waals surface area contributed by atoms with Crippen molar-refractivity contribution in [1.82, 2.24) is 10.6 Å². The maximum Gasteiger partial charge on any atom is 0.332 e. The number of ether oxygens (including phenoxy) is 1. The first kappa shape index (κ1) is 14.5. The average molecular weight is 256 g/mol. The molecule has 6 heteroatoms. The van der Waals surface area contributed by atoms with Gasteiger partial charge in [0.15, 0.2) is 6.04 Å². The van der Waals surface area contributed by atoms with Gasteiger partial charge >= 0.3 is 5.97 Å². The molecule has 0 radical (unpaired) electrons. The first-order valence-corrected chi connectivity index (χ1v) is 6.25. The quantitative estimate of drug-likeness (QED) is 0.500. The molecule has 0 spiro atoms. The minimum atomic E-state index is -0.475. The molecular formula is C12H20N2O4. The Balaban J connectivity index is 2.00. The van der Waals surface area contributed by atoms with E-state index in [1.807, 2.05) is 0 Å². The Hall–Kier alpha value is -1.59. The lowest BCUT2D eigenvalue weighted by Gasteiger charge is -2.32. The number of cyclic esters (lactones) is 1.